The van der Waals surface area contributed by atoms with Crippen LogP contribution in [-0.2, 0) is 16.1 Å². The second-order valence-electron chi connectivity index (χ2n) is 5.91. The Morgan fingerprint density at radius 2 is 1.82 bits per heavy atom. The monoisotopic (exact) mass is 341 g/mol. The zero-order chi connectivity index (χ0) is 15.8. The van der Waals surface area contributed by atoms with Gasteiger partial charge < -0.3 is 9.64 Å². The van der Waals surface area contributed by atoms with Gasteiger partial charge in [0, 0.05) is 19.5 Å². The van der Waals surface area contributed by atoms with Gasteiger partial charge in [-0.2, -0.15) is 0 Å². The van der Waals surface area contributed by atoms with Gasteiger partial charge in [0.05, 0.1) is 5.41 Å². The summed E-state index contributed by atoms with van der Waals surface area (Å²) < 4.78 is 4.32. The molecule has 2 aliphatic rings. The zero-order valence-corrected chi connectivity index (χ0v) is 13.6. The van der Waals surface area contributed by atoms with E-state index in [1.165, 1.54) is 0 Å². The molecule has 1 saturated carbocycles. The molecule has 1 aliphatic carbocycles. The van der Waals surface area contributed by atoms with Crippen LogP contribution in [0.15, 0.2) is 30.3 Å². The van der Waals surface area contributed by atoms with Crippen LogP contribution in [0.25, 0.3) is 0 Å². The number of ether oxygens (including phenoxy) is 1. The zero-order valence-electron chi connectivity index (χ0n) is 12.1. The fraction of sp³-hybridized carbons (Fsp3) is 0.500. The summed E-state index contributed by atoms with van der Waals surface area (Å²) in [5.41, 5.74) is 0.269. The van der Waals surface area contributed by atoms with Gasteiger partial charge in [-0.3, -0.25) is 4.79 Å². The lowest BCUT2D eigenvalue weighted by molar-refractivity contribution is -0.143. The molecule has 1 aromatic carbocycles. The number of halogens is 2. The molecule has 1 heterocycles. The molecular weight excluding hydrogens is 325 g/mol. The summed E-state index contributed by atoms with van der Waals surface area (Å²) in [6.07, 6.45) is 0.841. The minimum absolute atomic E-state index is 0.106. The van der Waals surface area contributed by atoms with E-state index in [0.717, 1.165) is 5.56 Å². The molecule has 1 saturated heterocycles. The first kappa shape index (κ1) is 15.6. The number of carbonyl (C=O) groups excluding carboxylic acids is 2. The van der Waals surface area contributed by atoms with Crippen molar-refractivity contribution in [3.63, 3.8) is 0 Å². The number of hydrogen-bond donors (Lipinski definition) is 0. The highest BCUT2D eigenvalue weighted by Crippen LogP contribution is 2.59. The number of likely N-dealkylation sites (tertiary alicyclic amines) is 1. The number of Topliss-reactive ketones (excluding diaryl/α,β-unsaturated/α-hetero) is 1. The van der Waals surface area contributed by atoms with E-state index in [0.29, 0.717) is 25.9 Å². The molecule has 0 N–H and O–H groups in total. The van der Waals surface area contributed by atoms with Crippen molar-refractivity contribution in [1.29, 1.82) is 0 Å². The third-order valence-corrected chi connectivity index (χ3v) is 5.69. The van der Waals surface area contributed by atoms with Crippen molar-refractivity contribution in [2.45, 2.75) is 30.2 Å². The van der Waals surface area contributed by atoms with Crippen LogP contribution in [-0.4, -0.2) is 34.2 Å². The molecule has 1 spiro atoms. The highest BCUT2D eigenvalue weighted by molar-refractivity contribution is 6.53. The summed E-state index contributed by atoms with van der Waals surface area (Å²) in [6.45, 7) is 1.14. The Bertz CT molecular complexity index is 580. The molecule has 2 fully saturated rings. The van der Waals surface area contributed by atoms with Crippen LogP contribution in [0.4, 0.5) is 4.79 Å². The summed E-state index contributed by atoms with van der Waals surface area (Å²) in [5, 5.41) is 0. The number of rotatable bonds is 2. The molecule has 4 nitrogen and oxygen atoms in total. The van der Waals surface area contributed by atoms with Crippen molar-refractivity contribution in [2.24, 2.45) is 5.41 Å². The average Bonchev–Trinajstić information content (AvgIpc) is 2.53. The van der Waals surface area contributed by atoms with Gasteiger partial charge in [0.25, 0.3) is 0 Å². The summed E-state index contributed by atoms with van der Waals surface area (Å²) >= 11 is 12.4. The Hall–Kier alpha value is -1.26. The third-order valence-electron chi connectivity index (χ3n) is 4.70. The Kier molecular flexibility index (Phi) is 4.08. The molecule has 6 heteroatoms. The van der Waals surface area contributed by atoms with Gasteiger partial charge >= 0.3 is 6.09 Å². The number of piperidine rings is 1. The number of amides is 1. The Labute approximate surface area is 139 Å². The highest BCUT2D eigenvalue weighted by Gasteiger charge is 2.64. The molecule has 0 bridgehead atoms. The maximum atomic E-state index is 12.1. The van der Waals surface area contributed by atoms with Crippen LogP contribution in [0, 0.1) is 5.41 Å². The van der Waals surface area contributed by atoms with Gasteiger partial charge in [-0.15, -0.1) is 23.2 Å². The summed E-state index contributed by atoms with van der Waals surface area (Å²) in [7, 11) is 0. The standard InChI is InChI=1S/C16H17Cl2NO3/c17-16(18)10-13(20)15(16)6-8-19(9-7-15)14(21)22-11-12-4-2-1-3-5-12/h1-5H,6-11H2. The van der Waals surface area contributed by atoms with E-state index in [4.69, 9.17) is 27.9 Å². The predicted octanol–water partition coefficient (Wildman–Crippen LogP) is 3.55. The van der Waals surface area contributed by atoms with Gasteiger partial charge in [-0.25, -0.2) is 4.79 Å². The molecule has 0 unspecified atom stereocenters. The number of nitrogens with zero attached hydrogens (tertiary/aromatic N) is 1. The van der Waals surface area contributed by atoms with E-state index in [1.54, 1.807) is 4.90 Å². The molecule has 0 radical (unpaired) electrons. The minimum atomic E-state index is -0.982. The van der Waals surface area contributed by atoms with Gasteiger partial charge in [0.2, 0.25) is 0 Å². The van der Waals surface area contributed by atoms with Gasteiger partial charge in [-0.05, 0) is 18.4 Å². The summed E-state index contributed by atoms with van der Waals surface area (Å²) in [6, 6.07) is 9.52. The largest absolute Gasteiger partial charge is 0.445 e. The first-order chi connectivity index (χ1) is 10.4. The molecule has 118 valence electrons. The lowest BCUT2D eigenvalue weighted by atomic mass is 9.61. The Morgan fingerprint density at radius 1 is 1.18 bits per heavy atom. The molecule has 1 aromatic rings. The Balaban J connectivity index is 1.53. The molecule has 3 rings (SSSR count). The van der Waals surface area contributed by atoms with Crippen molar-refractivity contribution in [1.82, 2.24) is 4.90 Å². The van der Waals surface area contributed by atoms with Crippen LogP contribution in [0.2, 0.25) is 0 Å². The quantitative estimate of drug-likeness (QED) is 0.772. The summed E-state index contributed by atoms with van der Waals surface area (Å²) in [5.74, 6) is 0.106. The number of ketones is 1. The van der Waals surface area contributed by atoms with E-state index in [1.807, 2.05) is 30.3 Å². The lowest BCUT2D eigenvalue weighted by Gasteiger charge is -2.53. The summed E-state index contributed by atoms with van der Waals surface area (Å²) in [4.78, 5) is 25.6. The maximum absolute atomic E-state index is 12.1. The molecular formula is C16H17Cl2NO3. The fourth-order valence-corrected chi connectivity index (χ4v) is 4.00. The van der Waals surface area contributed by atoms with Crippen LogP contribution in [0.3, 0.4) is 0 Å². The Morgan fingerprint density at radius 3 is 2.36 bits per heavy atom. The van der Waals surface area contributed by atoms with Crippen LogP contribution >= 0.6 is 23.2 Å². The average molecular weight is 342 g/mol. The van der Waals surface area contributed by atoms with Crippen molar-refractivity contribution in [3.05, 3.63) is 35.9 Å². The third kappa shape index (κ3) is 2.59. The minimum Gasteiger partial charge on any atom is -0.445 e. The van der Waals surface area contributed by atoms with Crippen LogP contribution in [0.5, 0.6) is 0 Å². The molecule has 22 heavy (non-hydrogen) atoms. The molecule has 0 aromatic heterocycles. The van der Waals surface area contributed by atoms with Crippen molar-refractivity contribution >= 4 is 35.1 Å². The second-order valence-corrected chi connectivity index (χ2v) is 7.40. The van der Waals surface area contributed by atoms with Crippen molar-refractivity contribution in [2.75, 3.05) is 13.1 Å². The number of benzene rings is 1. The number of carbonyl (C=O) groups is 2. The molecule has 0 atom stereocenters. The smallest absolute Gasteiger partial charge is 0.410 e. The number of hydrogen-bond acceptors (Lipinski definition) is 3. The van der Waals surface area contributed by atoms with E-state index in [-0.39, 0.29) is 24.9 Å². The molecule has 1 amide bonds. The highest BCUT2D eigenvalue weighted by atomic mass is 35.5. The second kappa shape index (κ2) is 5.74. The topological polar surface area (TPSA) is 46.6 Å². The lowest BCUT2D eigenvalue weighted by Crippen LogP contribution is -2.62. The van der Waals surface area contributed by atoms with Crippen LogP contribution < -0.4 is 0 Å². The fourth-order valence-electron chi connectivity index (χ4n) is 3.16. The normalized spacial score (nSPS) is 22.3. The van der Waals surface area contributed by atoms with E-state index in [9.17, 15) is 9.59 Å². The first-order valence-electron chi connectivity index (χ1n) is 7.31. The molecule has 1 aliphatic heterocycles. The van der Waals surface area contributed by atoms with Crippen LogP contribution in [0.1, 0.15) is 24.8 Å². The van der Waals surface area contributed by atoms with Crippen molar-refractivity contribution < 1.29 is 14.3 Å². The SMILES string of the molecule is O=C(OCc1ccccc1)N1CCC2(CC1)C(=O)CC2(Cl)Cl. The predicted molar refractivity (Wildman–Crippen MR) is 83.9 cm³/mol. The first-order valence-corrected chi connectivity index (χ1v) is 8.07. The number of alkyl halides is 2. The van der Waals surface area contributed by atoms with Gasteiger partial charge in [0.15, 0.2) is 0 Å². The van der Waals surface area contributed by atoms with E-state index < -0.39 is 9.75 Å². The maximum Gasteiger partial charge on any atom is 0.410 e. The van der Waals surface area contributed by atoms with Crippen molar-refractivity contribution in [3.8, 4) is 0 Å². The van der Waals surface area contributed by atoms with E-state index >= 15 is 0 Å². The van der Waals surface area contributed by atoms with Gasteiger partial charge in [-0.1, -0.05) is 30.3 Å². The van der Waals surface area contributed by atoms with E-state index in [2.05, 4.69) is 0 Å². The van der Waals surface area contributed by atoms with Gasteiger partial charge in [0.1, 0.15) is 16.7 Å².